The number of phenols is 1. The Labute approximate surface area is 153 Å². The third kappa shape index (κ3) is 4.18. The number of rotatable bonds is 8. The fourth-order valence-corrected chi connectivity index (χ4v) is 2.99. The Hall–Kier alpha value is -2.50. The van der Waals surface area contributed by atoms with E-state index in [9.17, 15) is 14.7 Å². The molecule has 2 rings (SSSR count). The average molecular weight is 362 g/mol. The van der Waals surface area contributed by atoms with Crippen molar-refractivity contribution in [1.29, 1.82) is 0 Å². The Bertz CT molecular complexity index is 733. The van der Waals surface area contributed by atoms with Crippen LogP contribution in [-0.4, -0.2) is 30.8 Å². The molecule has 26 heavy (non-hydrogen) atoms. The molecule has 0 aliphatic carbocycles. The summed E-state index contributed by atoms with van der Waals surface area (Å²) in [4.78, 5) is 23.5. The van der Waals surface area contributed by atoms with Crippen molar-refractivity contribution < 1.29 is 28.9 Å². The second kappa shape index (κ2) is 8.74. The number of cyclic esters (lactones) is 1. The molecule has 1 aliphatic heterocycles. The summed E-state index contributed by atoms with van der Waals surface area (Å²) >= 11 is 0. The molecule has 6 heteroatoms. The number of carbonyl (C=O) groups excluding carboxylic acids is 2. The van der Waals surface area contributed by atoms with Gasteiger partial charge >= 0.3 is 11.9 Å². The fourth-order valence-electron chi connectivity index (χ4n) is 2.99. The number of phenolic OH excluding ortho intramolecular Hbond substituents is 1. The van der Waals surface area contributed by atoms with Gasteiger partial charge in [-0.3, -0.25) is 4.79 Å². The highest BCUT2D eigenvalue weighted by Gasteiger charge is 2.31. The van der Waals surface area contributed by atoms with Crippen molar-refractivity contribution in [1.82, 2.24) is 0 Å². The standard InChI is InChI=1S/C20H26O6/c1-5-10-25-16(21)9-7-12(2)6-8-14-18(22)17-15(11-26-20(17)23)13(3)19(14)24-4/h6,22H,5,7-11H2,1-4H3/b12-6+. The molecule has 1 heterocycles. The van der Waals surface area contributed by atoms with Crippen molar-refractivity contribution >= 4 is 11.9 Å². The molecule has 0 aromatic heterocycles. The molecular formula is C20H26O6. The number of hydrogen-bond acceptors (Lipinski definition) is 6. The Morgan fingerprint density at radius 3 is 2.73 bits per heavy atom. The Balaban J connectivity index is 2.16. The molecule has 0 atom stereocenters. The summed E-state index contributed by atoms with van der Waals surface area (Å²) in [6.45, 7) is 6.32. The second-order valence-corrected chi connectivity index (χ2v) is 6.39. The van der Waals surface area contributed by atoms with Crippen molar-refractivity contribution in [2.24, 2.45) is 0 Å². The average Bonchev–Trinajstić information content (AvgIpc) is 3.02. The molecule has 0 saturated carbocycles. The summed E-state index contributed by atoms with van der Waals surface area (Å²) in [6, 6.07) is 0. The second-order valence-electron chi connectivity index (χ2n) is 6.39. The topological polar surface area (TPSA) is 82.1 Å². The molecule has 1 aromatic rings. The van der Waals surface area contributed by atoms with E-state index < -0.39 is 5.97 Å². The van der Waals surface area contributed by atoms with Crippen molar-refractivity contribution in [2.45, 2.75) is 53.1 Å². The zero-order valence-corrected chi connectivity index (χ0v) is 15.8. The number of benzene rings is 1. The fraction of sp³-hybridized carbons (Fsp3) is 0.500. The highest BCUT2D eigenvalue weighted by molar-refractivity contribution is 5.98. The predicted octanol–water partition coefficient (Wildman–Crippen LogP) is 3.60. The maximum atomic E-state index is 11.9. The van der Waals surface area contributed by atoms with Gasteiger partial charge < -0.3 is 19.3 Å². The number of carbonyl (C=O) groups is 2. The van der Waals surface area contributed by atoms with E-state index in [0.29, 0.717) is 42.7 Å². The molecule has 0 radical (unpaired) electrons. The van der Waals surface area contributed by atoms with Gasteiger partial charge in [-0.2, -0.15) is 0 Å². The number of ether oxygens (including phenoxy) is 3. The van der Waals surface area contributed by atoms with Crippen molar-refractivity contribution in [3.05, 3.63) is 33.9 Å². The maximum Gasteiger partial charge on any atom is 0.342 e. The van der Waals surface area contributed by atoms with E-state index in [1.54, 1.807) is 0 Å². The van der Waals surface area contributed by atoms with Crippen LogP contribution >= 0.6 is 0 Å². The number of methoxy groups -OCH3 is 1. The molecule has 0 amide bonds. The van der Waals surface area contributed by atoms with Crippen molar-refractivity contribution in [3.63, 3.8) is 0 Å². The summed E-state index contributed by atoms with van der Waals surface area (Å²) in [6.07, 6.45) is 4.03. The Morgan fingerprint density at radius 1 is 1.35 bits per heavy atom. The lowest BCUT2D eigenvalue weighted by molar-refractivity contribution is -0.143. The van der Waals surface area contributed by atoms with Gasteiger partial charge in [-0.05, 0) is 38.7 Å². The molecule has 1 N–H and O–H groups in total. The van der Waals surface area contributed by atoms with Crippen LogP contribution in [0.3, 0.4) is 0 Å². The molecule has 0 fully saturated rings. The van der Waals surface area contributed by atoms with Crippen LogP contribution < -0.4 is 4.74 Å². The van der Waals surface area contributed by atoms with E-state index in [1.807, 2.05) is 26.8 Å². The molecule has 1 aliphatic rings. The molecule has 0 spiro atoms. The SMILES string of the molecule is CCCOC(=O)CC/C(C)=C/Cc1c(O)c2c(c(C)c1OC)COC2=O. The summed E-state index contributed by atoms with van der Waals surface area (Å²) < 4.78 is 15.6. The van der Waals surface area contributed by atoms with E-state index >= 15 is 0 Å². The first kappa shape index (κ1) is 19.8. The number of hydrogen-bond donors (Lipinski definition) is 1. The van der Waals surface area contributed by atoms with Crippen molar-refractivity contribution in [3.8, 4) is 11.5 Å². The summed E-state index contributed by atoms with van der Waals surface area (Å²) in [5, 5.41) is 10.6. The lowest BCUT2D eigenvalue weighted by atomic mass is 9.94. The number of fused-ring (bicyclic) bond motifs is 1. The monoisotopic (exact) mass is 362 g/mol. The first-order chi connectivity index (χ1) is 12.4. The normalized spacial score (nSPS) is 13.4. The molecule has 0 bridgehead atoms. The Kier molecular flexibility index (Phi) is 6.66. The van der Waals surface area contributed by atoms with Gasteiger partial charge in [0.25, 0.3) is 0 Å². The number of allylic oxidation sites excluding steroid dienone is 2. The van der Waals surface area contributed by atoms with Crippen LogP contribution in [0.5, 0.6) is 11.5 Å². The van der Waals surface area contributed by atoms with E-state index in [2.05, 4.69) is 0 Å². The van der Waals surface area contributed by atoms with Gasteiger partial charge in [0.1, 0.15) is 23.7 Å². The summed E-state index contributed by atoms with van der Waals surface area (Å²) in [5.74, 6) is -0.248. The van der Waals surface area contributed by atoms with Gasteiger partial charge in [0, 0.05) is 17.5 Å². The smallest absolute Gasteiger partial charge is 0.342 e. The third-order valence-electron chi connectivity index (χ3n) is 4.49. The summed E-state index contributed by atoms with van der Waals surface area (Å²) in [7, 11) is 1.54. The van der Waals surface area contributed by atoms with Gasteiger partial charge in [0.15, 0.2) is 0 Å². The minimum Gasteiger partial charge on any atom is -0.507 e. The van der Waals surface area contributed by atoms with Crippen LogP contribution in [0.4, 0.5) is 0 Å². The first-order valence-corrected chi connectivity index (χ1v) is 8.80. The maximum absolute atomic E-state index is 11.9. The van der Waals surface area contributed by atoms with Crippen LogP contribution in [-0.2, 0) is 27.3 Å². The van der Waals surface area contributed by atoms with Crippen LogP contribution in [0.25, 0.3) is 0 Å². The lowest BCUT2D eigenvalue weighted by Gasteiger charge is -2.15. The van der Waals surface area contributed by atoms with Crippen LogP contribution in [0.15, 0.2) is 11.6 Å². The van der Waals surface area contributed by atoms with Crippen LogP contribution in [0.2, 0.25) is 0 Å². The van der Waals surface area contributed by atoms with Crippen LogP contribution in [0.1, 0.15) is 60.2 Å². The molecular weight excluding hydrogens is 336 g/mol. The zero-order valence-electron chi connectivity index (χ0n) is 15.8. The largest absolute Gasteiger partial charge is 0.507 e. The van der Waals surface area contributed by atoms with Gasteiger partial charge in [-0.15, -0.1) is 0 Å². The number of aromatic hydroxyl groups is 1. The highest BCUT2D eigenvalue weighted by atomic mass is 16.5. The minimum atomic E-state index is -0.510. The van der Waals surface area contributed by atoms with Gasteiger partial charge in [-0.1, -0.05) is 18.6 Å². The highest BCUT2D eigenvalue weighted by Crippen LogP contribution is 2.42. The molecule has 142 valence electrons. The van der Waals surface area contributed by atoms with E-state index in [0.717, 1.165) is 17.6 Å². The minimum absolute atomic E-state index is 0.0867. The quantitative estimate of drug-likeness (QED) is 0.562. The van der Waals surface area contributed by atoms with Gasteiger partial charge in [0.2, 0.25) is 0 Å². The van der Waals surface area contributed by atoms with E-state index in [4.69, 9.17) is 14.2 Å². The Morgan fingerprint density at radius 2 is 2.08 bits per heavy atom. The number of esters is 2. The third-order valence-corrected chi connectivity index (χ3v) is 4.49. The lowest BCUT2D eigenvalue weighted by Crippen LogP contribution is -2.05. The molecule has 0 unspecified atom stereocenters. The van der Waals surface area contributed by atoms with Crippen LogP contribution in [0, 0.1) is 6.92 Å². The first-order valence-electron chi connectivity index (χ1n) is 8.80. The predicted molar refractivity (Wildman–Crippen MR) is 96.5 cm³/mol. The zero-order chi connectivity index (χ0) is 19.3. The van der Waals surface area contributed by atoms with Gasteiger partial charge in [0.05, 0.1) is 13.7 Å². The molecule has 1 aromatic carbocycles. The van der Waals surface area contributed by atoms with Crippen molar-refractivity contribution in [2.75, 3.05) is 13.7 Å². The van der Waals surface area contributed by atoms with Gasteiger partial charge in [-0.25, -0.2) is 4.79 Å². The van der Waals surface area contributed by atoms with E-state index in [1.165, 1.54) is 7.11 Å². The van der Waals surface area contributed by atoms with E-state index in [-0.39, 0.29) is 23.9 Å². The molecule has 6 nitrogen and oxygen atoms in total. The summed E-state index contributed by atoms with van der Waals surface area (Å²) in [5.41, 5.74) is 3.26. The molecule has 0 saturated heterocycles.